The van der Waals surface area contributed by atoms with Gasteiger partial charge >= 0.3 is 0 Å². The fourth-order valence-electron chi connectivity index (χ4n) is 2.51. The lowest BCUT2D eigenvalue weighted by atomic mass is 9.83. The van der Waals surface area contributed by atoms with Gasteiger partial charge in [0.1, 0.15) is 0 Å². The van der Waals surface area contributed by atoms with E-state index in [1.165, 1.54) is 0 Å². The first-order chi connectivity index (χ1) is 10.0. The largest absolute Gasteiger partial charge is 0.303 e. The minimum Gasteiger partial charge on any atom is -0.303 e. The van der Waals surface area contributed by atoms with Crippen LogP contribution in [0.4, 0.5) is 0 Å². The van der Waals surface area contributed by atoms with Crippen molar-refractivity contribution in [2.24, 2.45) is 5.41 Å². The Morgan fingerprint density at radius 2 is 1.73 bits per heavy atom. The lowest BCUT2D eigenvalue weighted by molar-refractivity contribution is -0.129. The average Bonchev–Trinajstić information content (AvgIpc) is 2.36. The van der Waals surface area contributed by atoms with E-state index < -0.39 is 0 Å². The highest BCUT2D eigenvalue weighted by Gasteiger charge is 2.31. The molecule has 1 N–H and O–H groups in total. The van der Waals surface area contributed by atoms with Gasteiger partial charge in [-0.25, -0.2) is 0 Å². The van der Waals surface area contributed by atoms with Gasteiger partial charge in [0.05, 0.1) is 6.04 Å². The summed E-state index contributed by atoms with van der Waals surface area (Å²) in [5.74, 6) is 0.279. The Bertz CT molecular complexity index is 497. The Kier molecular flexibility index (Phi) is 6.64. The summed E-state index contributed by atoms with van der Waals surface area (Å²) in [5.41, 5.74) is 0.755. The van der Waals surface area contributed by atoms with Gasteiger partial charge in [0.25, 0.3) is 0 Å². The maximum Gasteiger partial charge on any atom is 0.155 e. The second kappa shape index (κ2) is 7.61. The van der Waals surface area contributed by atoms with E-state index in [1.807, 2.05) is 39.0 Å². The molecule has 0 heterocycles. The number of carbonyl (C=O) groups is 1. The minimum atomic E-state index is -0.326. The maximum atomic E-state index is 12.7. The molecule has 2 nitrogen and oxygen atoms in total. The molecular formula is C19H30ClNO. The number of hydrogen-bond acceptors (Lipinski definition) is 2. The van der Waals surface area contributed by atoms with Crippen LogP contribution in [-0.2, 0) is 11.2 Å². The van der Waals surface area contributed by atoms with Crippen LogP contribution in [0.25, 0.3) is 0 Å². The topological polar surface area (TPSA) is 29.1 Å². The van der Waals surface area contributed by atoms with Gasteiger partial charge in [-0.05, 0) is 51.7 Å². The minimum absolute atomic E-state index is 0.0734. The zero-order valence-electron chi connectivity index (χ0n) is 14.8. The van der Waals surface area contributed by atoms with Crippen molar-refractivity contribution in [3.63, 3.8) is 0 Å². The Hall–Kier alpha value is -0.860. The van der Waals surface area contributed by atoms with Crippen molar-refractivity contribution in [1.82, 2.24) is 5.32 Å². The number of benzene rings is 1. The molecule has 0 fully saturated rings. The van der Waals surface area contributed by atoms with Crippen LogP contribution in [0.2, 0.25) is 5.02 Å². The fourth-order valence-corrected chi connectivity index (χ4v) is 2.74. The standard InChI is InChI=1S/C19H30ClNO/c1-18(2,3)17(22)16(21-19(4,5)6)13-9-11-14-10-7-8-12-15(14)20/h7-8,10,12,16,21H,9,11,13H2,1-6H3. The van der Waals surface area contributed by atoms with Gasteiger partial charge < -0.3 is 5.32 Å². The Morgan fingerprint density at radius 3 is 2.23 bits per heavy atom. The lowest BCUT2D eigenvalue weighted by Crippen LogP contribution is -2.50. The highest BCUT2D eigenvalue weighted by molar-refractivity contribution is 6.31. The van der Waals surface area contributed by atoms with Crippen LogP contribution in [0.3, 0.4) is 0 Å². The van der Waals surface area contributed by atoms with E-state index in [-0.39, 0.29) is 22.8 Å². The molecule has 0 aromatic heterocycles. The predicted molar refractivity (Wildman–Crippen MR) is 95.5 cm³/mol. The van der Waals surface area contributed by atoms with E-state index in [4.69, 9.17) is 11.6 Å². The number of Topliss-reactive ketones (excluding diaryl/α,β-unsaturated/α-hetero) is 1. The lowest BCUT2D eigenvalue weighted by Gasteiger charge is -2.32. The smallest absolute Gasteiger partial charge is 0.155 e. The monoisotopic (exact) mass is 323 g/mol. The molecule has 1 aromatic carbocycles. The normalized spacial score (nSPS) is 14.0. The Labute approximate surface area is 140 Å². The number of carbonyl (C=O) groups excluding carboxylic acids is 1. The number of nitrogens with one attached hydrogen (secondary N) is 1. The van der Waals surface area contributed by atoms with E-state index in [2.05, 4.69) is 32.2 Å². The summed E-state index contributed by atoms with van der Waals surface area (Å²) in [6.07, 6.45) is 2.68. The van der Waals surface area contributed by atoms with Gasteiger partial charge in [0.15, 0.2) is 5.78 Å². The molecule has 0 aliphatic heterocycles. The molecule has 1 atom stereocenters. The molecular weight excluding hydrogens is 294 g/mol. The summed E-state index contributed by atoms with van der Waals surface area (Å²) in [4.78, 5) is 12.7. The fraction of sp³-hybridized carbons (Fsp3) is 0.632. The molecule has 0 radical (unpaired) electrons. The SMILES string of the molecule is CC(C)(C)NC(CCCc1ccccc1Cl)C(=O)C(C)(C)C. The molecule has 0 spiro atoms. The molecule has 0 aliphatic rings. The quantitative estimate of drug-likeness (QED) is 0.795. The first kappa shape index (κ1) is 19.2. The van der Waals surface area contributed by atoms with Crippen LogP contribution in [0, 0.1) is 5.41 Å². The third kappa shape index (κ3) is 6.50. The van der Waals surface area contributed by atoms with Gasteiger partial charge in [-0.2, -0.15) is 0 Å². The van der Waals surface area contributed by atoms with Gasteiger partial charge in [-0.3, -0.25) is 4.79 Å². The first-order valence-corrected chi connectivity index (χ1v) is 8.44. The van der Waals surface area contributed by atoms with Crippen molar-refractivity contribution < 1.29 is 4.79 Å². The number of hydrogen-bond donors (Lipinski definition) is 1. The summed E-state index contributed by atoms with van der Waals surface area (Å²) >= 11 is 6.20. The maximum absolute atomic E-state index is 12.7. The Balaban J connectivity index is 2.69. The molecule has 0 aliphatic carbocycles. The molecule has 1 unspecified atom stereocenters. The summed E-state index contributed by atoms with van der Waals surface area (Å²) < 4.78 is 0. The van der Waals surface area contributed by atoms with Crippen LogP contribution in [0.15, 0.2) is 24.3 Å². The number of halogens is 1. The van der Waals surface area contributed by atoms with E-state index in [9.17, 15) is 4.79 Å². The van der Waals surface area contributed by atoms with Crippen molar-refractivity contribution >= 4 is 17.4 Å². The third-order valence-electron chi connectivity index (χ3n) is 3.56. The number of ketones is 1. The molecule has 3 heteroatoms. The molecule has 1 rings (SSSR count). The molecule has 0 bridgehead atoms. The average molecular weight is 324 g/mol. The number of aryl methyl sites for hydroxylation is 1. The van der Waals surface area contributed by atoms with Crippen LogP contribution < -0.4 is 5.32 Å². The second-order valence-electron chi connectivity index (χ2n) is 8.04. The van der Waals surface area contributed by atoms with Crippen LogP contribution in [0.1, 0.15) is 59.9 Å². The van der Waals surface area contributed by atoms with Gasteiger partial charge in [0, 0.05) is 16.0 Å². The summed E-state index contributed by atoms with van der Waals surface area (Å²) in [5, 5.41) is 4.29. The van der Waals surface area contributed by atoms with E-state index in [0.29, 0.717) is 0 Å². The zero-order valence-corrected chi connectivity index (χ0v) is 15.6. The Morgan fingerprint density at radius 1 is 1.14 bits per heavy atom. The second-order valence-corrected chi connectivity index (χ2v) is 8.45. The summed E-state index contributed by atoms with van der Waals surface area (Å²) in [6, 6.07) is 7.82. The van der Waals surface area contributed by atoms with Crippen molar-refractivity contribution in [3.8, 4) is 0 Å². The number of rotatable bonds is 6. The van der Waals surface area contributed by atoms with Crippen LogP contribution in [-0.4, -0.2) is 17.4 Å². The van der Waals surface area contributed by atoms with Crippen molar-refractivity contribution in [1.29, 1.82) is 0 Å². The molecule has 124 valence electrons. The van der Waals surface area contributed by atoms with Crippen LogP contribution >= 0.6 is 11.6 Å². The van der Waals surface area contributed by atoms with Crippen molar-refractivity contribution in [2.45, 2.75) is 72.4 Å². The summed E-state index contributed by atoms with van der Waals surface area (Å²) in [7, 11) is 0. The molecule has 22 heavy (non-hydrogen) atoms. The van der Waals surface area contributed by atoms with Crippen molar-refractivity contribution in [2.75, 3.05) is 0 Å². The molecule has 0 saturated carbocycles. The molecule has 0 amide bonds. The first-order valence-electron chi connectivity index (χ1n) is 8.06. The summed E-state index contributed by atoms with van der Waals surface area (Å²) in [6.45, 7) is 12.3. The highest BCUT2D eigenvalue weighted by Crippen LogP contribution is 2.22. The van der Waals surface area contributed by atoms with Crippen molar-refractivity contribution in [3.05, 3.63) is 34.9 Å². The molecule has 0 saturated heterocycles. The van der Waals surface area contributed by atoms with E-state index in [1.54, 1.807) is 0 Å². The van der Waals surface area contributed by atoms with Crippen LogP contribution in [0.5, 0.6) is 0 Å². The van der Waals surface area contributed by atoms with E-state index in [0.717, 1.165) is 29.8 Å². The van der Waals surface area contributed by atoms with Gasteiger partial charge in [0.2, 0.25) is 0 Å². The highest BCUT2D eigenvalue weighted by atomic mass is 35.5. The molecule has 1 aromatic rings. The van der Waals surface area contributed by atoms with Gasteiger partial charge in [-0.1, -0.05) is 50.6 Å². The predicted octanol–water partition coefficient (Wildman–Crippen LogP) is 5.03. The van der Waals surface area contributed by atoms with E-state index >= 15 is 0 Å². The zero-order chi connectivity index (χ0) is 17.0. The third-order valence-corrected chi connectivity index (χ3v) is 3.93. The van der Waals surface area contributed by atoms with Gasteiger partial charge in [-0.15, -0.1) is 0 Å².